The van der Waals surface area contributed by atoms with Crippen LogP contribution < -0.4 is 11.0 Å². The lowest BCUT2D eigenvalue weighted by atomic mass is 9.99. The quantitative estimate of drug-likeness (QED) is 0.751. The van der Waals surface area contributed by atoms with Gasteiger partial charge < -0.3 is 5.32 Å². The van der Waals surface area contributed by atoms with E-state index in [-0.39, 0.29) is 11.6 Å². The zero-order valence-electron chi connectivity index (χ0n) is 14.9. The molecule has 1 saturated heterocycles. The summed E-state index contributed by atoms with van der Waals surface area (Å²) in [6.07, 6.45) is 3.07. The normalized spacial score (nSPS) is 17.5. The number of rotatable bonds is 5. The number of aromatic nitrogens is 4. The standard InChI is InChI=1S/C19H23N5OS/c1-2-17-21-15(13-26-17)12-23-19(25)24(16-8-4-3-5-9-16)18(22-23)14-7-6-10-20-11-14/h3-5,8-9,13-14,20H,2,6-7,10-12H2,1H3. The molecular formula is C19H23N5OS. The molecule has 1 unspecified atom stereocenters. The Hall–Kier alpha value is -2.25. The molecular weight excluding hydrogens is 346 g/mol. The largest absolute Gasteiger partial charge is 0.350 e. The number of nitrogens with zero attached hydrogens (tertiary/aromatic N) is 4. The summed E-state index contributed by atoms with van der Waals surface area (Å²) < 4.78 is 3.33. The molecule has 0 saturated carbocycles. The second-order valence-electron chi connectivity index (χ2n) is 6.60. The van der Waals surface area contributed by atoms with E-state index in [1.807, 2.05) is 35.7 Å². The first-order chi connectivity index (χ1) is 12.8. The van der Waals surface area contributed by atoms with Gasteiger partial charge in [0.25, 0.3) is 0 Å². The molecule has 3 aromatic rings. The van der Waals surface area contributed by atoms with Crippen molar-refractivity contribution in [1.82, 2.24) is 24.6 Å². The van der Waals surface area contributed by atoms with E-state index < -0.39 is 0 Å². The van der Waals surface area contributed by atoms with Crippen LogP contribution in [0.3, 0.4) is 0 Å². The second-order valence-corrected chi connectivity index (χ2v) is 7.54. The van der Waals surface area contributed by atoms with Gasteiger partial charge in [0.15, 0.2) is 0 Å². The van der Waals surface area contributed by atoms with Gasteiger partial charge in [-0.25, -0.2) is 19.0 Å². The number of benzene rings is 1. The molecule has 3 heterocycles. The highest BCUT2D eigenvalue weighted by Gasteiger charge is 2.25. The molecule has 26 heavy (non-hydrogen) atoms. The Labute approximate surface area is 156 Å². The molecule has 1 N–H and O–H groups in total. The van der Waals surface area contributed by atoms with Gasteiger partial charge in [0.1, 0.15) is 5.82 Å². The van der Waals surface area contributed by atoms with Crippen LogP contribution in [0.2, 0.25) is 0 Å². The van der Waals surface area contributed by atoms with E-state index in [2.05, 4.69) is 17.2 Å². The molecule has 0 radical (unpaired) electrons. The summed E-state index contributed by atoms with van der Waals surface area (Å²) in [7, 11) is 0. The van der Waals surface area contributed by atoms with Crippen LogP contribution in [0.5, 0.6) is 0 Å². The van der Waals surface area contributed by atoms with E-state index in [0.717, 1.165) is 54.6 Å². The minimum atomic E-state index is -0.0946. The van der Waals surface area contributed by atoms with Gasteiger partial charge in [0.2, 0.25) is 0 Å². The van der Waals surface area contributed by atoms with Gasteiger partial charge in [-0.15, -0.1) is 11.3 Å². The van der Waals surface area contributed by atoms with Gasteiger partial charge in [0, 0.05) is 17.8 Å². The zero-order chi connectivity index (χ0) is 17.9. The highest BCUT2D eigenvalue weighted by Crippen LogP contribution is 2.23. The maximum absolute atomic E-state index is 13.1. The smallest absolute Gasteiger partial charge is 0.316 e. The van der Waals surface area contributed by atoms with Crippen molar-refractivity contribution in [2.75, 3.05) is 13.1 Å². The van der Waals surface area contributed by atoms with Crippen LogP contribution >= 0.6 is 11.3 Å². The van der Waals surface area contributed by atoms with Crippen molar-refractivity contribution < 1.29 is 0 Å². The molecule has 1 fully saturated rings. The van der Waals surface area contributed by atoms with E-state index in [4.69, 9.17) is 5.10 Å². The second kappa shape index (κ2) is 7.55. The predicted octanol–water partition coefficient (Wildman–Crippen LogP) is 2.57. The Morgan fingerprint density at radius 1 is 1.31 bits per heavy atom. The summed E-state index contributed by atoms with van der Waals surface area (Å²) in [6, 6.07) is 9.80. The average Bonchev–Trinajstić information content (AvgIpc) is 3.28. The predicted molar refractivity (Wildman–Crippen MR) is 103 cm³/mol. The molecule has 1 aliphatic heterocycles. The van der Waals surface area contributed by atoms with Gasteiger partial charge in [-0.1, -0.05) is 25.1 Å². The highest BCUT2D eigenvalue weighted by atomic mass is 32.1. The van der Waals surface area contributed by atoms with Gasteiger partial charge in [-0.05, 0) is 37.9 Å². The zero-order valence-corrected chi connectivity index (χ0v) is 15.7. The number of aryl methyl sites for hydroxylation is 1. The summed E-state index contributed by atoms with van der Waals surface area (Å²) in [4.78, 5) is 17.7. The minimum absolute atomic E-state index is 0.0946. The SMILES string of the molecule is CCc1nc(Cn2nc(C3CCCNC3)n(-c3ccccc3)c2=O)cs1. The highest BCUT2D eigenvalue weighted by molar-refractivity contribution is 7.09. The topological polar surface area (TPSA) is 64.7 Å². The van der Waals surface area contributed by atoms with E-state index >= 15 is 0 Å². The molecule has 0 aliphatic carbocycles. The van der Waals surface area contributed by atoms with Gasteiger partial charge in [0.05, 0.1) is 22.9 Å². The Kier molecular flexibility index (Phi) is 4.99. The van der Waals surface area contributed by atoms with Crippen molar-refractivity contribution in [2.45, 2.75) is 38.6 Å². The van der Waals surface area contributed by atoms with Gasteiger partial charge in [-0.2, -0.15) is 5.10 Å². The van der Waals surface area contributed by atoms with Crippen LogP contribution in [0.1, 0.15) is 42.2 Å². The minimum Gasteiger partial charge on any atom is -0.316 e. The fourth-order valence-corrected chi connectivity index (χ4v) is 4.16. The van der Waals surface area contributed by atoms with Crippen molar-refractivity contribution in [2.24, 2.45) is 0 Å². The molecule has 1 aromatic carbocycles. The van der Waals surface area contributed by atoms with Crippen LogP contribution in [0.4, 0.5) is 0 Å². The Balaban J connectivity index is 1.75. The van der Waals surface area contributed by atoms with Crippen molar-refractivity contribution in [3.05, 3.63) is 62.7 Å². The molecule has 6 nitrogen and oxygen atoms in total. The third kappa shape index (κ3) is 3.37. The molecule has 4 rings (SSSR count). The molecule has 1 aliphatic rings. The van der Waals surface area contributed by atoms with Crippen LogP contribution in [0, 0.1) is 0 Å². The number of hydrogen-bond acceptors (Lipinski definition) is 5. The first-order valence-electron chi connectivity index (χ1n) is 9.15. The lowest BCUT2D eigenvalue weighted by Crippen LogP contribution is -2.31. The third-order valence-corrected chi connectivity index (χ3v) is 5.80. The molecule has 0 amide bonds. The lowest BCUT2D eigenvalue weighted by molar-refractivity contribution is 0.439. The van der Waals surface area contributed by atoms with E-state index in [9.17, 15) is 4.79 Å². The lowest BCUT2D eigenvalue weighted by Gasteiger charge is -2.22. The van der Waals surface area contributed by atoms with Crippen molar-refractivity contribution in [3.63, 3.8) is 0 Å². The van der Waals surface area contributed by atoms with E-state index in [1.54, 1.807) is 20.6 Å². The average molecular weight is 369 g/mol. The van der Waals surface area contributed by atoms with Crippen molar-refractivity contribution in [3.8, 4) is 5.69 Å². The number of hydrogen-bond donors (Lipinski definition) is 1. The number of piperidine rings is 1. The summed E-state index contributed by atoms with van der Waals surface area (Å²) in [5.41, 5.74) is 1.68. The first-order valence-corrected chi connectivity index (χ1v) is 10.0. The number of para-hydroxylation sites is 1. The van der Waals surface area contributed by atoms with Crippen LogP contribution in [-0.2, 0) is 13.0 Å². The molecule has 1 atom stereocenters. The summed E-state index contributed by atoms with van der Waals surface area (Å²) in [6.45, 7) is 4.40. The van der Waals surface area contributed by atoms with E-state index in [1.165, 1.54) is 0 Å². The summed E-state index contributed by atoms with van der Waals surface area (Å²) in [5, 5.41) is 11.3. The van der Waals surface area contributed by atoms with Crippen molar-refractivity contribution >= 4 is 11.3 Å². The van der Waals surface area contributed by atoms with Gasteiger partial charge >= 0.3 is 5.69 Å². The van der Waals surface area contributed by atoms with Crippen LogP contribution in [0.25, 0.3) is 5.69 Å². The van der Waals surface area contributed by atoms with Crippen molar-refractivity contribution in [1.29, 1.82) is 0 Å². The molecule has 136 valence electrons. The third-order valence-electron chi connectivity index (χ3n) is 4.75. The number of nitrogens with one attached hydrogen (secondary N) is 1. The van der Waals surface area contributed by atoms with Crippen LogP contribution in [0.15, 0.2) is 40.5 Å². The molecule has 2 aromatic heterocycles. The maximum Gasteiger partial charge on any atom is 0.350 e. The Morgan fingerprint density at radius 2 is 2.15 bits per heavy atom. The fraction of sp³-hybridized carbons (Fsp3) is 0.421. The van der Waals surface area contributed by atoms with E-state index in [0.29, 0.717) is 6.54 Å². The fourth-order valence-electron chi connectivity index (χ4n) is 3.42. The molecule has 0 spiro atoms. The Bertz CT molecular complexity index is 921. The Morgan fingerprint density at radius 3 is 2.85 bits per heavy atom. The molecule has 7 heteroatoms. The maximum atomic E-state index is 13.1. The van der Waals surface area contributed by atoms with Gasteiger partial charge in [-0.3, -0.25) is 0 Å². The summed E-state index contributed by atoms with van der Waals surface area (Å²) in [5.74, 6) is 1.10. The first kappa shape index (κ1) is 17.2. The monoisotopic (exact) mass is 369 g/mol. The molecule has 0 bridgehead atoms. The van der Waals surface area contributed by atoms with Crippen LogP contribution in [-0.4, -0.2) is 32.4 Å². The number of thiazole rings is 1. The summed E-state index contributed by atoms with van der Waals surface area (Å²) >= 11 is 1.64.